The zero-order chi connectivity index (χ0) is 17.4. The van der Waals surface area contributed by atoms with E-state index >= 15 is 0 Å². The summed E-state index contributed by atoms with van der Waals surface area (Å²) in [5.74, 6) is -0.390. The number of carbonyl (C=O) groups is 1. The highest BCUT2D eigenvalue weighted by Gasteiger charge is 2.28. The third-order valence-electron chi connectivity index (χ3n) is 4.02. The second-order valence-electron chi connectivity index (χ2n) is 5.86. The normalized spacial score (nSPS) is 11.8. The molecule has 0 bridgehead atoms. The van der Waals surface area contributed by atoms with Gasteiger partial charge in [0.2, 0.25) is 0 Å². The first-order valence-corrected chi connectivity index (χ1v) is 8.45. The van der Waals surface area contributed by atoms with Gasteiger partial charge in [-0.15, -0.1) is 0 Å². The molecule has 0 fully saturated rings. The molecule has 0 amide bonds. The Morgan fingerprint density at radius 2 is 1.83 bits per heavy atom. The molecule has 5 heteroatoms. The van der Waals surface area contributed by atoms with Crippen molar-refractivity contribution in [3.8, 4) is 0 Å². The molecule has 1 atom stereocenters. The maximum absolute atomic E-state index is 12.4. The molecule has 0 saturated carbocycles. The Kier molecular flexibility index (Phi) is 7.03. The van der Waals surface area contributed by atoms with Gasteiger partial charge in [0.1, 0.15) is 6.04 Å². The van der Waals surface area contributed by atoms with Crippen LogP contribution >= 0.6 is 0 Å². The molecule has 4 N–H and O–H groups in total. The topological polar surface area (TPSA) is 78.3 Å². The zero-order valence-corrected chi connectivity index (χ0v) is 14.2. The van der Waals surface area contributed by atoms with Crippen LogP contribution in [-0.4, -0.2) is 25.5 Å². The Balaban J connectivity index is 2.25. The second kappa shape index (κ2) is 9.25. The first kappa shape index (κ1) is 18.2. The van der Waals surface area contributed by atoms with Crippen LogP contribution in [-0.2, 0) is 15.9 Å². The fraction of sp³-hybridized carbons (Fsp3) is 0.316. The van der Waals surface area contributed by atoms with Crippen molar-refractivity contribution in [2.24, 2.45) is 11.5 Å². The van der Waals surface area contributed by atoms with Gasteiger partial charge in [0.05, 0.1) is 0 Å². The Hall–Kier alpha value is -2.11. The SMILES string of the molecule is CCc1cccc(B(OC(=O)C(N)CCCN)c2ccccc2)c1. The van der Waals surface area contributed by atoms with Crippen molar-refractivity contribution >= 4 is 23.8 Å². The van der Waals surface area contributed by atoms with E-state index in [1.807, 2.05) is 42.5 Å². The largest absolute Gasteiger partial charge is 0.525 e. The van der Waals surface area contributed by atoms with E-state index in [-0.39, 0.29) is 5.97 Å². The number of nitrogens with two attached hydrogens (primary N) is 2. The molecule has 0 radical (unpaired) electrons. The highest BCUT2D eigenvalue weighted by Crippen LogP contribution is 2.03. The van der Waals surface area contributed by atoms with E-state index in [9.17, 15) is 4.79 Å². The maximum atomic E-state index is 12.4. The molecule has 0 aromatic heterocycles. The molecule has 2 rings (SSSR count). The zero-order valence-electron chi connectivity index (χ0n) is 14.2. The predicted molar refractivity (Wildman–Crippen MR) is 99.6 cm³/mol. The fourth-order valence-electron chi connectivity index (χ4n) is 2.59. The lowest BCUT2D eigenvalue weighted by atomic mass is 9.55. The third kappa shape index (κ3) is 4.95. The van der Waals surface area contributed by atoms with Gasteiger partial charge in [-0.1, -0.05) is 61.5 Å². The smallest absolute Gasteiger partial charge is 0.429 e. The van der Waals surface area contributed by atoms with Crippen molar-refractivity contribution < 1.29 is 9.45 Å². The molecule has 2 aromatic carbocycles. The summed E-state index contributed by atoms with van der Waals surface area (Å²) in [6.45, 7) is 2.17. The van der Waals surface area contributed by atoms with Crippen LogP contribution in [0, 0.1) is 0 Å². The lowest BCUT2D eigenvalue weighted by molar-refractivity contribution is -0.136. The van der Waals surface area contributed by atoms with Crippen molar-refractivity contribution in [1.82, 2.24) is 0 Å². The number of carbonyl (C=O) groups excluding carboxylic acids is 1. The fourth-order valence-corrected chi connectivity index (χ4v) is 2.59. The van der Waals surface area contributed by atoms with Gasteiger partial charge in [0.25, 0.3) is 0 Å². The average Bonchev–Trinajstić information content (AvgIpc) is 2.64. The minimum atomic E-state index is -0.644. The lowest BCUT2D eigenvalue weighted by Gasteiger charge is -2.19. The van der Waals surface area contributed by atoms with Gasteiger partial charge < -0.3 is 16.1 Å². The molecule has 126 valence electrons. The molecular formula is C19H25BN2O2. The highest BCUT2D eigenvalue weighted by molar-refractivity contribution is 6.81. The van der Waals surface area contributed by atoms with E-state index < -0.39 is 13.0 Å². The Labute approximate surface area is 144 Å². The van der Waals surface area contributed by atoms with Crippen molar-refractivity contribution in [1.29, 1.82) is 0 Å². The van der Waals surface area contributed by atoms with E-state index in [2.05, 4.69) is 19.1 Å². The van der Waals surface area contributed by atoms with Gasteiger partial charge in [0.15, 0.2) is 0 Å². The Morgan fingerprint density at radius 1 is 1.12 bits per heavy atom. The van der Waals surface area contributed by atoms with Gasteiger partial charge in [0, 0.05) is 0 Å². The number of benzene rings is 2. The van der Waals surface area contributed by atoms with E-state index in [1.54, 1.807) is 0 Å². The molecule has 0 heterocycles. The monoisotopic (exact) mass is 324 g/mol. The maximum Gasteiger partial charge on any atom is 0.429 e. The molecule has 0 aliphatic rings. The summed E-state index contributed by atoms with van der Waals surface area (Å²) in [7, 11) is 0. The summed E-state index contributed by atoms with van der Waals surface area (Å²) in [5, 5.41) is 0. The molecule has 24 heavy (non-hydrogen) atoms. The Morgan fingerprint density at radius 3 is 2.50 bits per heavy atom. The van der Waals surface area contributed by atoms with Crippen molar-refractivity contribution in [3.63, 3.8) is 0 Å². The van der Waals surface area contributed by atoms with E-state index in [0.717, 1.165) is 17.3 Å². The molecule has 4 nitrogen and oxygen atoms in total. The van der Waals surface area contributed by atoms with Crippen LogP contribution in [0.4, 0.5) is 0 Å². The van der Waals surface area contributed by atoms with Crippen LogP contribution in [0.5, 0.6) is 0 Å². The first-order valence-electron chi connectivity index (χ1n) is 8.45. The predicted octanol–water partition coefficient (Wildman–Crippen LogP) is 0.964. The van der Waals surface area contributed by atoms with Gasteiger partial charge in [-0.25, -0.2) is 0 Å². The highest BCUT2D eigenvalue weighted by atomic mass is 16.5. The minimum absolute atomic E-state index is 0.390. The lowest BCUT2D eigenvalue weighted by Crippen LogP contribution is -2.49. The summed E-state index contributed by atoms with van der Waals surface area (Å²) < 4.78 is 5.78. The summed E-state index contributed by atoms with van der Waals surface area (Å²) in [6.07, 6.45) is 2.17. The van der Waals surface area contributed by atoms with Crippen LogP contribution in [0.15, 0.2) is 54.6 Å². The first-order chi connectivity index (χ1) is 11.7. The standard InChI is InChI=1S/C19H25BN2O2/c1-2-15-8-6-11-17(14-15)20(16-9-4-3-5-10-16)24-19(23)18(22)12-7-13-21/h3-6,8-11,14,18H,2,7,12-13,21-22H2,1H3. The second-order valence-corrected chi connectivity index (χ2v) is 5.86. The average molecular weight is 324 g/mol. The summed E-state index contributed by atoms with van der Waals surface area (Å²) in [4.78, 5) is 12.4. The molecular weight excluding hydrogens is 299 g/mol. The molecule has 0 spiro atoms. The van der Waals surface area contributed by atoms with Crippen molar-refractivity contribution in [2.45, 2.75) is 32.2 Å². The summed E-state index contributed by atoms with van der Waals surface area (Å²) in [5.41, 5.74) is 14.5. The van der Waals surface area contributed by atoms with Gasteiger partial charge in [-0.05, 0) is 42.3 Å². The van der Waals surface area contributed by atoms with Crippen LogP contribution in [0.2, 0.25) is 0 Å². The van der Waals surface area contributed by atoms with Crippen molar-refractivity contribution in [2.75, 3.05) is 6.54 Å². The summed E-state index contributed by atoms with van der Waals surface area (Å²) in [6, 6.07) is 17.2. The molecule has 2 aromatic rings. The molecule has 0 aliphatic heterocycles. The van der Waals surface area contributed by atoms with Crippen molar-refractivity contribution in [3.05, 3.63) is 60.2 Å². The number of hydrogen-bond acceptors (Lipinski definition) is 4. The molecule has 0 aliphatic carbocycles. The van der Waals surface area contributed by atoms with Crippen LogP contribution in [0.25, 0.3) is 0 Å². The third-order valence-corrected chi connectivity index (χ3v) is 4.02. The van der Waals surface area contributed by atoms with E-state index in [0.29, 0.717) is 19.4 Å². The van der Waals surface area contributed by atoms with Gasteiger partial charge in [-0.3, -0.25) is 4.79 Å². The van der Waals surface area contributed by atoms with Crippen LogP contribution in [0.1, 0.15) is 25.3 Å². The number of aryl methyl sites for hydroxylation is 1. The quantitative estimate of drug-likeness (QED) is 0.709. The molecule has 0 saturated heterocycles. The Bertz CT molecular complexity index is 649. The summed E-state index contributed by atoms with van der Waals surface area (Å²) >= 11 is 0. The molecule has 1 unspecified atom stereocenters. The van der Waals surface area contributed by atoms with Gasteiger partial charge >= 0.3 is 12.9 Å². The number of rotatable bonds is 8. The van der Waals surface area contributed by atoms with E-state index in [4.69, 9.17) is 16.1 Å². The number of hydrogen-bond donors (Lipinski definition) is 2. The van der Waals surface area contributed by atoms with E-state index in [1.165, 1.54) is 5.56 Å². The van der Waals surface area contributed by atoms with Crippen LogP contribution < -0.4 is 22.4 Å². The van der Waals surface area contributed by atoms with Crippen LogP contribution in [0.3, 0.4) is 0 Å². The van der Waals surface area contributed by atoms with Gasteiger partial charge in [-0.2, -0.15) is 0 Å². The minimum Gasteiger partial charge on any atom is -0.525 e.